The van der Waals surface area contributed by atoms with E-state index in [1.54, 1.807) is 18.5 Å². The highest BCUT2D eigenvalue weighted by Gasteiger charge is 1.98. The summed E-state index contributed by atoms with van der Waals surface area (Å²) >= 11 is 0. The molecule has 0 unspecified atom stereocenters. The van der Waals surface area contributed by atoms with Gasteiger partial charge in [0.15, 0.2) is 0 Å². The van der Waals surface area contributed by atoms with Crippen molar-refractivity contribution in [1.82, 2.24) is 15.7 Å². The Morgan fingerprint density at radius 2 is 2.10 bits per heavy atom. The first-order chi connectivity index (χ1) is 4.79. The fourth-order valence-corrected chi connectivity index (χ4v) is 0.565. The van der Waals surface area contributed by atoms with Gasteiger partial charge in [0.2, 0.25) is 5.91 Å². The Morgan fingerprint density at radius 1 is 1.50 bits per heavy atom. The standard InChI is InChI=1S/C6H6N3O/c7-5(10)4-6-8-2-1-3-9-6/h1-3,7H,4H2. The molecule has 10 heavy (non-hydrogen) atoms. The summed E-state index contributed by atoms with van der Waals surface area (Å²) in [6, 6.07) is 1.66. The van der Waals surface area contributed by atoms with Crippen LogP contribution in [0.15, 0.2) is 18.5 Å². The maximum atomic E-state index is 10.2. The Hall–Kier alpha value is -1.45. The molecule has 1 heterocycles. The number of carbonyl (C=O) groups excluding carboxylic acids is 1. The summed E-state index contributed by atoms with van der Waals surface area (Å²) in [6.07, 6.45) is 3.09. The molecule has 0 aliphatic heterocycles. The van der Waals surface area contributed by atoms with Crippen molar-refractivity contribution in [2.75, 3.05) is 0 Å². The van der Waals surface area contributed by atoms with E-state index in [0.29, 0.717) is 5.82 Å². The molecule has 1 N–H and O–H groups in total. The minimum absolute atomic E-state index is 0.000833. The van der Waals surface area contributed by atoms with E-state index in [4.69, 9.17) is 5.73 Å². The third kappa shape index (κ3) is 1.81. The quantitative estimate of drug-likeness (QED) is 0.566. The molecule has 1 aromatic rings. The van der Waals surface area contributed by atoms with Crippen LogP contribution in [0, 0.1) is 0 Å². The van der Waals surface area contributed by atoms with Crippen LogP contribution in [-0.4, -0.2) is 15.9 Å². The number of aromatic nitrogens is 2. The third-order valence-electron chi connectivity index (χ3n) is 0.938. The van der Waals surface area contributed by atoms with Gasteiger partial charge in [0.1, 0.15) is 5.82 Å². The molecular weight excluding hydrogens is 130 g/mol. The minimum atomic E-state index is -0.661. The number of nitrogens with zero attached hydrogens (tertiary/aromatic N) is 2. The molecule has 0 atom stereocenters. The lowest BCUT2D eigenvalue weighted by atomic mass is 10.4. The van der Waals surface area contributed by atoms with Crippen molar-refractivity contribution in [2.45, 2.75) is 6.42 Å². The first-order valence-corrected chi connectivity index (χ1v) is 2.79. The van der Waals surface area contributed by atoms with E-state index in [1.807, 2.05) is 0 Å². The van der Waals surface area contributed by atoms with Crippen LogP contribution >= 0.6 is 0 Å². The van der Waals surface area contributed by atoms with Crippen molar-refractivity contribution in [2.24, 2.45) is 0 Å². The largest absolute Gasteiger partial charge is 0.273 e. The molecule has 0 aliphatic carbocycles. The fraction of sp³-hybridized carbons (Fsp3) is 0.167. The number of hydrogen-bond donors (Lipinski definition) is 0. The van der Waals surface area contributed by atoms with E-state index in [0.717, 1.165) is 0 Å². The number of nitrogens with one attached hydrogen (secondary N) is 1. The molecule has 0 aliphatic rings. The van der Waals surface area contributed by atoms with Crippen molar-refractivity contribution in [3.63, 3.8) is 0 Å². The third-order valence-corrected chi connectivity index (χ3v) is 0.938. The van der Waals surface area contributed by atoms with Crippen LogP contribution in [0.1, 0.15) is 5.82 Å². The van der Waals surface area contributed by atoms with Gasteiger partial charge in [-0.3, -0.25) is 10.5 Å². The Kier molecular flexibility index (Phi) is 1.94. The van der Waals surface area contributed by atoms with Gasteiger partial charge in [0.25, 0.3) is 0 Å². The zero-order valence-electron chi connectivity index (χ0n) is 5.24. The lowest BCUT2D eigenvalue weighted by Crippen LogP contribution is -2.05. The molecule has 0 bridgehead atoms. The Balaban J connectivity index is 2.67. The van der Waals surface area contributed by atoms with Gasteiger partial charge >= 0.3 is 0 Å². The summed E-state index contributed by atoms with van der Waals surface area (Å²) in [5, 5.41) is 0. The van der Waals surface area contributed by atoms with Crippen LogP contribution < -0.4 is 5.73 Å². The van der Waals surface area contributed by atoms with Crippen molar-refractivity contribution in [3.05, 3.63) is 24.3 Å². The Morgan fingerprint density at radius 3 is 2.60 bits per heavy atom. The van der Waals surface area contributed by atoms with Gasteiger partial charge in [-0.05, 0) is 6.07 Å². The van der Waals surface area contributed by atoms with E-state index in [2.05, 4.69) is 9.97 Å². The van der Waals surface area contributed by atoms with E-state index in [-0.39, 0.29) is 6.42 Å². The molecule has 0 saturated carbocycles. The van der Waals surface area contributed by atoms with E-state index in [9.17, 15) is 4.79 Å². The molecule has 51 valence electrons. The normalized spacial score (nSPS) is 9.20. The highest BCUT2D eigenvalue weighted by molar-refractivity contribution is 5.74. The van der Waals surface area contributed by atoms with E-state index < -0.39 is 5.91 Å². The second kappa shape index (κ2) is 2.91. The van der Waals surface area contributed by atoms with Crippen molar-refractivity contribution >= 4 is 5.91 Å². The molecule has 1 amide bonds. The molecule has 0 saturated heterocycles. The van der Waals surface area contributed by atoms with Crippen LogP contribution in [-0.2, 0) is 11.2 Å². The van der Waals surface area contributed by atoms with Gasteiger partial charge in [-0.25, -0.2) is 9.97 Å². The highest BCUT2D eigenvalue weighted by atomic mass is 16.1. The smallest absolute Gasteiger partial charge is 0.246 e. The van der Waals surface area contributed by atoms with Gasteiger partial charge in [0.05, 0.1) is 6.42 Å². The predicted octanol–water partition coefficient (Wildman–Crippen LogP) is -0.171. The molecule has 0 aromatic carbocycles. The molecule has 4 heteroatoms. The van der Waals surface area contributed by atoms with Crippen LogP contribution in [0.25, 0.3) is 0 Å². The molecule has 4 nitrogen and oxygen atoms in total. The summed E-state index contributed by atoms with van der Waals surface area (Å²) in [4.78, 5) is 17.7. The van der Waals surface area contributed by atoms with Crippen molar-refractivity contribution in [1.29, 1.82) is 0 Å². The van der Waals surface area contributed by atoms with Gasteiger partial charge < -0.3 is 0 Å². The van der Waals surface area contributed by atoms with Gasteiger partial charge in [0, 0.05) is 12.4 Å². The maximum Gasteiger partial charge on any atom is 0.246 e. The molecule has 0 fully saturated rings. The Labute approximate surface area is 58.1 Å². The monoisotopic (exact) mass is 136 g/mol. The lowest BCUT2D eigenvalue weighted by Gasteiger charge is -1.90. The van der Waals surface area contributed by atoms with Crippen LogP contribution in [0.3, 0.4) is 0 Å². The first-order valence-electron chi connectivity index (χ1n) is 2.79. The average molecular weight is 136 g/mol. The van der Waals surface area contributed by atoms with Crippen LogP contribution in [0.5, 0.6) is 0 Å². The number of rotatable bonds is 2. The van der Waals surface area contributed by atoms with Gasteiger partial charge in [-0.15, -0.1) is 0 Å². The topological polar surface area (TPSA) is 66.7 Å². The van der Waals surface area contributed by atoms with E-state index in [1.165, 1.54) is 0 Å². The number of carbonyl (C=O) groups is 1. The van der Waals surface area contributed by atoms with Gasteiger partial charge in [-0.2, -0.15) is 0 Å². The summed E-state index contributed by atoms with van der Waals surface area (Å²) in [6.45, 7) is 0. The lowest BCUT2D eigenvalue weighted by molar-refractivity contribution is -0.118. The SMILES string of the molecule is [NH]C(=O)Cc1ncccn1. The van der Waals surface area contributed by atoms with Crippen molar-refractivity contribution in [3.8, 4) is 0 Å². The number of amides is 1. The second-order valence-electron chi connectivity index (χ2n) is 1.76. The van der Waals surface area contributed by atoms with Gasteiger partial charge in [-0.1, -0.05) is 0 Å². The highest BCUT2D eigenvalue weighted by Crippen LogP contribution is 1.87. The molecular formula is C6H6N3O. The predicted molar refractivity (Wildman–Crippen MR) is 33.8 cm³/mol. The first kappa shape index (κ1) is 6.67. The molecule has 1 radical (unpaired) electrons. The summed E-state index contributed by atoms with van der Waals surface area (Å²) in [5.74, 6) is -0.256. The Bertz CT molecular complexity index is 222. The second-order valence-corrected chi connectivity index (χ2v) is 1.76. The maximum absolute atomic E-state index is 10.2. The zero-order valence-corrected chi connectivity index (χ0v) is 5.24. The number of hydrogen-bond acceptors (Lipinski definition) is 3. The van der Waals surface area contributed by atoms with Crippen molar-refractivity contribution < 1.29 is 4.79 Å². The molecule has 0 spiro atoms. The fourth-order valence-electron chi connectivity index (χ4n) is 0.565. The molecule has 1 aromatic heterocycles. The van der Waals surface area contributed by atoms with Crippen LogP contribution in [0.4, 0.5) is 0 Å². The summed E-state index contributed by atoms with van der Waals surface area (Å²) < 4.78 is 0. The summed E-state index contributed by atoms with van der Waals surface area (Å²) in [5.41, 5.74) is 6.60. The zero-order chi connectivity index (χ0) is 7.40. The summed E-state index contributed by atoms with van der Waals surface area (Å²) in [7, 11) is 0. The molecule has 1 rings (SSSR count). The van der Waals surface area contributed by atoms with Crippen LogP contribution in [0.2, 0.25) is 0 Å². The minimum Gasteiger partial charge on any atom is -0.273 e. The van der Waals surface area contributed by atoms with E-state index >= 15 is 0 Å². The average Bonchev–Trinajstić information content (AvgIpc) is 1.88.